The lowest BCUT2D eigenvalue weighted by Crippen LogP contribution is -2.23. The number of H-pyrrole nitrogens is 1. The van der Waals surface area contributed by atoms with Gasteiger partial charge in [0.05, 0.1) is 6.54 Å². The molecule has 0 aliphatic heterocycles. The van der Waals surface area contributed by atoms with E-state index < -0.39 is 0 Å². The lowest BCUT2D eigenvalue weighted by molar-refractivity contribution is -0.121. The van der Waals surface area contributed by atoms with Crippen molar-refractivity contribution in [3.8, 4) is 0 Å². The van der Waals surface area contributed by atoms with Gasteiger partial charge in [-0.15, -0.1) is 0 Å². The normalized spacial score (nSPS) is 10.4. The molecule has 0 fully saturated rings. The first kappa shape index (κ1) is 13.6. The fourth-order valence-electron chi connectivity index (χ4n) is 1.77. The number of aromatic amines is 1. The van der Waals surface area contributed by atoms with Crippen molar-refractivity contribution in [2.45, 2.75) is 25.8 Å². The molecule has 0 saturated heterocycles. The van der Waals surface area contributed by atoms with E-state index in [1.165, 1.54) is 5.56 Å². The number of carbonyl (C=O) groups excluding carboxylic acids is 1. The van der Waals surface area contributed by atoms with Crippen LogP contribution in [0, 0.1) is 0 Å². The third-order valence-corrected chi connectivity index (χ3v) is 3.04. The SMILES string of the molecule is O=C(CCCc1ccc(Cl)cc1)NCc1ncc[nH]1. The Morgan fingerprint density at radius 3 is 2.79 bits per heavy atom. The number of halogens is 1. The Balaban J connectivity index is 1.65. The van der Waals surface area contributed by atoms with Crippen molar-refractivity contribution < 1.29 is 4.79 Å². The van der Waals surface area contributed by atoms with Crippen LogP contribution < -0.4 is 5.32 Å². The van der Waals surface area contributed by atoms with Gasteiger partial charge in [0, 0.05) is 23.8 Å². The summed E-state index contributed by atoms with van der Waals surface area (Å²) in [4.78, 5) is 18.6. The highest BCUT2D eigenvalue weighted by molar-refractivity contribution is 6.30. The average molecular weight is 278 g/mol. The largest absolute Gasteiger partial charge is 0.349 e. The molecule has 0 bridgehead atoms. The number of aryl methyl sites for hydroxylation is 1. The van der Waals surface area contributed by atoms with Gasteiger partial charge in [0.15, 0.2) is 0 Å². The molecule has 0 aliphatic carbocycles. The standard InChI is InChI=1S/C14H16ClN3O/c15-12-6-4-11(5-7-12)2-1-3-14(19)18-10-13-16-8-9-17-13/h4-9H,1-3,10H2,(H,16,17)(H,18,19). The maximum Gasteiger partial charge on any atom is 0.220 e. The first-order chi connectivity index (χ1) is 9.24. The number of nitrogens with one attached hydrogen (secondary N) is 2. The summed E-state index contributed by atoms with van der Waals surface area (Å²) in [6, 6.07) is 7.72. The molecule has 4 nitrogen and oxygen atoms in total. The number of carbonyl (C=O) groups is 1. The van der Waals surface area contributed by atoms with E-state index in [4.69, 9.17) is 11.6 Å². The van der Waals surface area contributed by atoms with Crippen LogP contribution in [0.3, 0.4) is 0 Å². The zero-order valence-electron chi connectivity index (χ0n) is 10.5. The van der Waals surface area contributed by atoms with Gasteiger partial charge in [0.1, 0.15) is 5.82 Å². The van der Waals surface area contributed by atoms with Gasteiger partial charge in [-0.3, -0.25) is 4.79 Å². The summed E-state index contributed by atoms with van der Waals surface area (Å²) in [5.41, 5.74) is 1.20. The number of hydrogen-bond acceptors (Lipinski definition) is 2. The van der Waals surface area contributed by atoms with E-state index in [0.29, 0.717) is 13.0 Å². The summed E-state index contributed by atoms with van der Waals surface area (Å²) >= 11 is 5.81. The molecule has 0 aliphatic rings. The van der Waals surface area contributed by atoms with E-state index in [-0.39, 0.29) is 5.91 Å². The van der Waals surface area contributed by atoms with Crippen molar-refractivity contribution in [2.24, 2.45) is 0 Å². The Kier molecular flexibility index (Phi) is 4.98. The van der Waals surface area contributed by atoms with Crippen LogP contribution in [0.1, 0.15) is 24.2 Å². The quantitative estimate of drug-likeness (QED) is 0.853. The summed E-state index contributed by atoms with van der Waals surface area (Å²) in [6.07, 6.45) is 5.63. The summed E-state index contributed by atoms with van der Waals surface area (Å²) < 4.78 is 0. The first-order valence-electron chi connectivity index (χ1n) is 6.23. The molecule has 5 heteroatoms. The number of amides is 1. The number of hydrogen-bond donors (Lipinski definition) is 2. The van der Waals surface area contributed by atoms with Crippen molar-refractivity contribution in [3.63, 3.8) is 0 Å². The molecule has 2 N–H and O–H groups in total. The molecular weight excluding hydrogens is 262 g/mol. The fraction of sp³-hybridized carbons (Fsp3) is 0.286. The minimum Gasteiger partial charge on any atom is -0.349 e. The van der Waals surface area contributed by atoms with E-state index >= 15 is 0 Å². The Morgan fingerprint density at radius 1 is 1.32 bits per heavy atom. The molecule has 1 heterocycles. The van der Waals surface area contributed by atoms with Gasteiger partial charge in [-0.25, -0.2) is 4.98 Å². The Morgan fingerprint density at radius 2 is 2.11 bits per heavy atom. The fourth-order valence-corrected chi connectivity index (χ4v) is 1.90. The van der Waals surface area contributed by atoms with Crippen molar-refractivity contribution in [1.29, 1.82) is 0 Å². The van der Waals surface area contributed by atoms with Crippen LogP contribution in [-0.4, -0.2) is 15.9 Å². The topological polar surface area (TPSA) is 57.8 Å². The van der Waals surface area contributed by atoms with Crippen LogP contribution in [0.5, 0.6) is 0 Å². The maximum atomic E-state index is 11.6. The molecule has 1 aromatic heterocycles. The van der Waals surface area contributed by atoms with E-state index in [9.17, 15) is 4.79 Å². The van der Waals surface area contributed by atoms with Gasteiger partial charge in [-0.2, -0.15) is 0 Å². The Hall–Kier alpha value is -1.81. The Labute approximate surface area is 117 Å². The second-order valence-electron chi connectivity index (χ2n) is 4.29. The van der Waals surface area contributed by atoms with Crippen LogP contribution in [0.4, 0.5) is 0 Å². The molecule has 19 heavy (non-hydrogen) atoms. The molecule has 1 amide bonds. The zero-order valence-corrected chi connectivity index (χ0v) is 11.3. The summed E-state index contributed by atoms with van der Waals surface area (Å²) in [5, 5.41) is 3.56. The number of aromatic nitrogens is 2. The molecule has 100 valence electrons. The molecule has 0 unspecified atom stereocenters. The second-order valence-corrected chi connectivity index (χ2v) is 4.73. The van der Waals surface area contributed by atoms with Crippen LogP contribution in [0.2, 0.25) is 5.02 Å². The van der Waals surface area contributed by atoms with Gasteiger partial charge in [0.2, 0.25) is 5.91 Å². The van der Waals surface area contributed by atoms with Crippen LogP contribution in [0.15, 0.2) is 36.7 Å². The van der Waals surface area contributed by atoms with Crippen LogP contribution >= 0.6 is 11.6 Å². The minimum absolute atomic E-state index is 0.0466. The molecule has 2 aromatic rings. The lowest BCUT2D eigenvalue weighted by atomic mass is 10.1. The van der Waals surface area contributed by atoms with E-state index in [1.807, 2.05) is 24.3 Å². The summed E-state index contributed by atoms with van der Waals surface area (Å²) in [5.74, 6) is 0.816. The van der Waals surface area contributed by atoms with E-state index in [0.717, 1.165) is 23.7 Å². The molecule has 2 rings (SSSR count). The number of nitrogens with zero attached hydrogens (tertiary/aromatic N) is 1. The Bertz CT molecular complexity index is 508. The molecule has 0 spiro atoms. The van der Waals surface area contributed by atoms with Crippen molar-refractivity contribution in [1.82, 2.24) is 15.3 Å². The van der Waals surface area contributed by atoms with Crippen molar-refractivity contribution >= 4 is 17.5 Å². The van der Waals surface area contributed by atoms with Gasteiger partial charge in [-0.05, 0) is 30.5 Å². The van der Waals surface area contributed by atoms with Crippen LogP contribution in [0.25, 0.3) is 0 Å². The highest BCUT2D eigenvalue weighted by Crippen LogP contribution is 2.11. The van der Waals surface area contributed by atoms with Gasteiger partial charge in [0.25, 0.3) is 0 Å². The highest BCUT2D eigenvalue weighted by atomic mass is 35.5. The molecular formula is C14H16ClN3O. The molecule has 0 saturated carbocycles. The van der Waals surface area contributed by atoms with E-state index in [1.54, 1.807) is 12.4 Å². The summed E-state index contributed by atoms with van der Waals surface area (Å²) in [7, 11) is 0. The third-order valence-electron chi connectivity index (χ3n) is 2.79. The highest BCUT2D eigenvalue weighted by Gasteiger charge is 2.02. The van der Waals surface area contributed by atoms with Gasteiger partial charge >= 0.3 is 0 Å². The molecule has 0 radical (unpaired) electrons. The van der Waals surface area contributed by atoms with E-state index in [2.05, 4.69) is 15.3 Å². The van der Waals surface area contributed by atoms with Crippen LogP contribution in [-0.2, 0) is 17.8 Å². The second kappa shape index (κ2) is 6.95. The number of rotatable bonds is 6. The third kappa shape index (κ3) is 4.75. The number of imidazole rings is 1. The minimum atomic E-state index is 0.0466. The lowest BCUT2D eigenvalue weighted by Gasteiger charge is -2.04. The molecule has 0 atom stereocenters. The van der Waals surface area contributed by atoms with Crippen molar-refractivity contribution in [2.75, 3.05) is 0 Å². The predicted molar refractivity (Wildman–Crippen MR) is 74.8 cm³/mol. The smallest absolute Gasteiger partial charge is 0.220 e. The summed E-state index contributed by atoms with van der Waals surface area (Å²) in [6.45, 7) is 0.451. The number of benzene rings is 1. The monoisotopic (exact) mass is 277 g/mol. The molecule has 1 aromatic carbocycles. The first-order valence-corrected chi connectivity index (χ1v) is 6.61. The maximum absolute atomic E-state index is 11.6. The zero-order chi connectivity index (χ0) is 13.5. The average Bonchev–Trinajstić information content (AvgIpc) is 2.92. The predicted octanol–water partition coefficient (Wildman–Crippen LogP) is 2.70. The van der Waals surface area contributed by atoms with Crippen molar-refractivity contribution in [3.05, 3.63) is 53.1 Å². The van der Waals surface area contributed by atoms with Gasteiger partial charge in [-0.1, -0.05) is 23.7 Å². The van der Waals surface area contributed by atoms with Gasteiger partial charge < -0.3 is 10.3 Å².